The van der Waals surface area contributed by atoms with Gasteiger partial charge in [0.05, 0.1) is 11.3 Å². The third-order valence-electron chi connectivity index (χ3n) is 3.70. The Morgan fingerprint density at radius 2 is 2.00 bits per heavy atom. The number of guanidine groups is 1. The highest BCUT2D eigenvalue weighted by Crippen LogP contribution is 2.23. The van der Waals surface area contributed by atoms with Gasteiger partial charge in [-0.3, -0.25) is 4.99 Å². The Balaban J connectivity index is 1.80. The van der Waals surface area contributed by atoms with E-state index >= 15 is 0 Å². The molecule has 6 heteroatoms. The molecular formula is C18H26N4OS. The first-order valence-corrected chi connectivity index (χ1v) is 8.91. The fourth-order valence-corrected chi connectivity index (χ4v) is 2.89. The van der Waals surface area contributed by atoms with E-state index in [4.69, 9.17) is 9.72 Å². The Bertz CT molecular complexity index is 652. The van der Waals surface area contributed by atoms with Crippen molar-refractivity contribution in [3.05, 3.63) is 41.4 Å². The molecule has 0 amide bonds. The first kappa shape index (κ1) is 18.4. The minimum atomic E-state index is -0.225. The minimum Gasteiger partial charge on any atom is -0.377 e. The molecule has 1 heterocycles. The van der Waals surface area contributed by atoms with Crippen molar-refractivity contribution < 1.29 is 4.74 Å². The van der Waals surface area contributed by atoms with Gasteiger partial charge in [-0.05, 0) is 13.8 Å². The predicted octanol–water partition coefficient (Wildman–Crippen LogP) is 2.94. The summed E-state index contributed by atoms with van der Waals surface area (Å²) in [5, 5.41) is 9.77. The van der Waals surface area contributed by atoms with Crippen molar-refractivity contribution in [2.24, 2.45) is 4.99 Å². The number of ether oxygens (including phenoxy) is 1. The Labute approximate surface area is 148 Å². The van der Waals surface area contributed by atoms with Gasteiger partial charge >= 0.3 is 0 Å². The summed E-state index contributed by atoms with van der Waals surface area (Å²) in [5.74, 6) is 0.777. The smallest absolute Gasteiger partial charge is 0.191 e. The van der Waals surface area contributed by atoms with Gasteiger partial charge in [-0.25, -0.2) is 4.98 Å². The van der Waals surface area contributed by atoms with Gasteiger partial charge in [0.25, 0.3) is 0 Å². The average Bonchev–Trinajstić information content (AvgIpc) is 3.07. The van der Waals surface area contributed by atoms with Crippen LogP contribution in [-0.4, -0.2) is 43.8 Å². The summed E-state index contributed by atoms with van der Waals surface area (Å²) < 4.78 is 5.40. The van der Waals surface area contributed by atoms with Crippen LogP contribution >= 0.6 is 11.3 Å². The van der Waals surface area contributed by atoms with Gasteiger partial charge < -0.3 is 15.4 Å². The lowest BCUT2D eigenvalue weighted by atomic mass is 10.1. The zero-order chi connectivity index (χ0) is 17.4. The highest BCUT2D eigenvalue weighted by atomic mass is 32.1. The number of hydrogen-bond acceptors (Lipinski definition) is 4. The molecule has 0 aliphatic rings. The van der Waals surface area contributed by atoms with Crippen molar-refractivity contribution >= 4 is 17.3 Å². The molecule has 1 aromatic carbocycles. The molecule has 0 saturated heterocycles. The van der Waals surface area contributed by atoms with E-state index in [0.29, 0.717) is 6.54 Å². The van der Waals surface area contributed by atoms with Crippen LogP contribution in [0, 0.1) is 0 Å². The summed E-state index contributed by atoms with van der Waals surface area (Å²) in [6.45, 7) is 5.55. The van der Waals surface area contributed by atoms with Gasteiger partial charge in [0.2, 0.25) is 0 Å². The van der Waals surface area contributed by atoms with E-state index in [2.05, 4.69) is 33.1 Å². The van der Waals surface area contributed by atoms with Gasteiger partial charge in [-0.2, -0.15) is 0 Å². The summed E-state index contributed by atoms with van der Waals surface area (Å²) >= 11 is 1.68. The van der Waals surface area contributed by atoms with Gasteiger partial charge in [0.15, 0.2) is 5.96 Å². The number of nitrogens with one attached hydrogen (secondary N) is 2. The maximum atomic E-state index is 5.40. The van der Waals surface area contributed by atoms with Gasteiger partial charge in [0, 0.05) is 44.6 Å². The molecule has 5 nitrogen and oxygen atoms in total. The molecule has 130 valence electrons. The highest BCUT2D eigenvalue weighted by Gasteiger charge is 2.16. The number of aromatic nitrogens is 1. The molecule has 2 N–H and O–H groups in total. The van der Waals surface area contributed by atoms with Crippen LogP contribution in [0.3, 0.4) is 0 Å². The normalized spacial score (nSPS) is 12.2. The number of thiazole rings is 1. The molecule has 0 aliphatic heterocycles. The third-order valence-corrected chi connectivity index (χ3v) is 4.64. The Morgan fingerprint density at radius 1 is 1.25 bits per heavy atom. The lowest BCUT2D eigenvalue weighted by Gasteiger charge is -2.24. The van der Waals surface area contributed by atoms with Crippen molar-refractivity contribution in [2.75, 3.05) is 27.2 Å². The number of benzene rings is 1. The molecule has 0 radical (unpaired) electrons. The second-order valence-electron chi connectivity index (χ2n) is 6.08. The van der Waals surface area contributed by atoms with E-state index < -0.39 is 0 Å². The molecule has 0 spiro atoms. The van der Waals surface area contributed by atoms with E-state index in [-0.39, 0.29) is 5.60 Å². The Hall–Kier alpha value is -1.92. The molecule has 0 bridgehead atoms. The summed E-state index contributed by atoms with van der Waals surface area (Å²) in [5.41, 5.74) is 2.04. The zero-order valence-corrected chi connectivity index (χ0v) is 15.6. The second kappa shape index (κ2) is 8.80. The summed E-state index contributed by atoms with van der Waals surface area (Å²) in [6.07, 6.45) is 0.859. The molecule has 2 aromatic rings. The monoisotopic (exact) mass is 346 g/mol. The quantitative estimate of drug-likeness (QED) is 0.598. The van der Waals surface area contributed by atoms with Crippen molar-refractivity contribution in [3.63, 3.8) is 0 Å². The number of nitrogens with zero attached hydrogens (tertiary/aromatic N) is 2. The van der Waals surface area contributed by atoms with Crippen LogP contribution in [0.2, 0.25) is 0 Å². The number of rotatable bonds is 7. The van der Waals surface area contributed by atoms with Crippen LogP contribution in [0.5, 0.6) is 0 Å². The Morgan fingerprint density at radius 3 is 2.67 bits per heavy atom. The van der Waals surface area contributed by atoms with Crippen LogP contribution in [0.15, 0.2) is 40.7 Å². The summed E-state index contributed by atoms with van der Waals surface area (Å²) in [4.78, 5) is 8.93. The molecule has 0 atom stereocenters. The topological polar surface area (TPSA) is 58.5 Å². The fraction of sp³-hybridized carbons (Fsp3) is 0.444. The summed E-state index contributed by atoms with van der Waals surface area (Å²) in [7, 11) is 3.48. The van der Waals surface area contributed by atoms with Crippen LogP contribution < -0.4 is 10.6 Å². The minimum absolute atomic E-state index is 0.225. The largest absolute Gasteiger partial charge is 0.377 e. The molecule has 1 aromatic heterocycles. The first-order valence-electron chi connectivity index (χ1n) is 8.03. The lowest BCUT2D eigenvalue weighted by molar-refractivity contribution is 0.0268. The zero-order valence-electron chi connectivity index (χ0n) is 14.8. The van der Waals surface area contributed by atoms with Crippen LogP contribution in [0.25, 0.3) is 10.6 Å². The number of aliphatic imine (C=N–C) groups is 1. The van der Waals surface area contributed by atoms with Crippen molar-refractivity contribution in [1.82, 2.24) is 15.6 Å². The van der Waals surface area contributed by atoms with Gasteiger partial charge in [-0.15, -0.1) is 11.3 Å². The lowest BCUT2D eigenvalue weighted by Crippen LogP contribution is -2.45. The van der Waals surface area contributed by atoms with Crippen molar-refractivity contribution in [2.45, 2.75) is 25.9 Å². The van der Waals surface area contributed by atoms with E-state index in [1.807, 2.05) is 32.0 Å². The molecule has 0 unspecified atom stereocenters. The maximum Gasteiger partial charge on any atom is 0.191 e. The van der Waals surface area contributed by atoms with Crippen LogP contribution in [0.1, 0.15) is 19.5 Å². The van der Waals surface area contributed by atoms with Crippen molar-refractivity contribution in [3.8, 4) is 10.6 Å². The van der Waals surface area contributed by atoms with Crippen LogP contribution in [0.4, 0.5) is 0 Å². The maximum absolute atomic E-state index is 5.40. The van der Waals surface area contributed by atoms with Gasteiger partial charge in [-0.1, -0.05) is 30.3 Å². The van der Waals surface area contributed by atoms with E-state index in [1.165, 1.54) is 5.56 Å². The fourth-order valence-electron chi connectivity index (χ4n) is 2.03. The number of hydrogen-bond donors (Lipinski definition) is 2. The standard InChI is InChI=1S/C18H26N4OS/c1-18(2,23-4)13-21-17(19-3)20-11-10-15-12-24-16(22-15)14-8-6-5-7-9-14/h5-9,12H,10-11,13H2,1-4H3,(H2,19,20,21). The van der Waals surface area contributed by atoms with E-state index in [1.54, 1.807) is 25.5 Å². The average molecular weight is 347 g/mol. The molecule has 24 heavy (non-hydrogen) atoms. The van der Waals surface area contributed by atoms with Crippen molar-refractivity contribution in [1.29, 1.82) is 0 Å². The van der Waals surface area contributed by atoms with Gasteiger partial charge in [0.1, 0.15) is 5.01 Å². The number of methoxy groups -OCH3 is 1. The third kappa shape index (κ3) is 5.62. The second-order valence-corrected chi connectivity index (χ2v) is 6.93. The van der Waals surface area contributed by atoms with Crippen LogP contribution in [-0.2, 0) is 11.2 Å². The molecule has 0 saturated carbocycles. The molecule has 0 fully saturated rings. The SMILES string of the molecule is CN=C(NCCc1csc(-c2ccccc2)n1)NCC(C)(C)OC. The molecule has 0 aliphatic carbocycles. The van der Waals surface area contributed by atoms with E-state index in [9.17, 15) is 0 Å². The first-order chi connectivity index (χ1) is 11.5. The predicted molar refractivity (Wildman–Crippen MR) is 102 cm³/mol. The molecular weight excluding hydrogens is 320 g/mol. The Kier molecular flexibility index (Phi) is 6.75. The molecule has 2 rings (SSSR count). The highest BCUT2D eigenvalue weighted by molar-refractivity contribution is 7.13. The summed E-state index contributed by atoms with van der Waals surface area (Å²) in [6, 6.07) is 10.3. The van der Waals surface area contributed by atoms with E-state index in [0.717, 1.165) is 29.6 Å².